The Morgan fingerprint density at radius 2 is 2.33 bits per heavy atom. The molecule has 2 heterocycles. The maximum atomic E-state index is 5.61. The number of anilines is 1. The standard InChI is InChI=1S/C14H19N3O/c1-3-13(17-9-8-16-14(17)4-1)15-7-2-10-18-11-12-5-6-12/h1,3-4,8-9,12,15H,2,5-7,10-11H2. The molecule has 3 rings (SSSR count). The predicted octanol–water partition coefficient (Wildman–Crippen LogP) is 2.56. The van der Waals surface area contributed by atoms with Gasteiger partial charge in [0.2, 0.25) is 0 Å². The van der Waals surface area contributed by atoms with Crippen LogP contribution in [0.25, 0.3) is 5.65 Å². The van der Waals surface area contributed by atoms with Crippen LogP contribution in [0.3, 0.4) is 0 Å². The monoisotopic (exact) mass is 245 g/mol. The fourth-order valence-electron chi connectivity index (χ4n) is 2.02. The lowest BCUT2D eigenvalue weighted by Gasteiger charge is -2.09. The van der Waals surface area contributed by atoms with Gasteiger partial charge in [-0.05, 0) is 37.3 Å². The molecule has 0 radical (unpaired) electrons. The number of pyridine rings is 1. The van der Waals surface area contributed by atoms with E-state index in [0.717, 1.165) is 43.6 Å². The molecule has 0 unspecified atom stereocenters. The van der Waals surface area contributed by atoms with Gasteiger partial charge in [0.1, 0.15) is 11.5 Å². The molecule has 0 amide bonds. The predicted molar refractivity (Wildman–Crippen MR) is 71.8 cm³/mol. The van der Waals surface area contributed by atoms with Gasteiger partial charge >= 0.3 is 0 Å². The third-order valence-corrected chi connectivity index (χ3v) is 3.25. The second-order valence-electron chi connectivity index (χ2n) is 4.87. The molecule has 96 valence electrons. The van der Waals surface area contributed by atoms with E-state index in [4.69, 9.17) is 4.74 Å². The lowest BCUT2D eigenvalue weighted by atomic mass is 10.4. The van der Waals surface area contributed by atoms with E-state index in [1.807, 2.05) is 24.5 Å². The Morgan fingerprint density at radius 1 is 1.39 bits per heavy atom. The molecule has 1 saturated carbocycles. The quantitative estimate of drug-likeness (QED) is 0.762. The normalized spacial score (nSPS) is 15.1. The van der Waals surface area contributed by atoms with E-state index in [1.165, 1.54) is 12.8 Å². The third kappa shape index (κ3) is 2.82. The Labute approximate surface area is 107 Å². The third-order valence-electron chi connectivity index (χ3n) is 3.25. The summed E-state index contributed by atoms with van der Waals surface area (Å²) in [7, 11) is 0. The maximum Gasteiger partial charge on any atom is 0.138 e. The van der Waals surface area contributed by atoms with Gasteiger partial charge in [-0.2, -0.15) is 0 Å². The first kappa shape index (κ1) is 11.5. The molecule has 4 heteroatoms. The number of hydrogen-bond acceptors (Lipinski definition) is 3. The fraction of sp³-hybridized carbons (Fsp3) is 0.500. The minimum atomic E-state index is 0.851. The molecule has 0 atom stereocenters. The molecule has 1 aliphatic rings. The Kier molecular flexibility index (Phi) is 3.46. The van der Waals surface area contributed by atoms with Crippen LogP contribution in [0, 0.1) is 5.92 Å². The van der Waals surface area contributed by atoms with Crippen molar-refractivity contribution in [3.8, 4) is 0 Å². The highest BCUT2D eigenvalue weighted by Gasteiger charge is 2.20. The van der Waals surface area contributed by atoms with E-state index in [-0.39, 0.29) is 0 Å². The molecular weight excluding hydrogens is 226 g/mol. The van der Waals surface area contributed by atoms with Gasteiger partial charge in [-0.3, -0.25) is 4.40 Å². The zero-order chi connectivity index (χ0) is 12.2. The fourth-order valence-corrected chi connectivity index (χ4v) is 2.02. The van der Waals surface area contributed by atoms with Gasteiger partial charge in [-0.25, -0.2) is 4.98 Å². The molecule has 1 N–H and O–H groups in total. The zero-order valence-electron chi connectivity index (χ0n) is 10.5. The average Bonchev–Trinajstić information content (AvgIpc) is 3.08. The number of fused-ring (bicyclic) bond motifs is 1. The molecule has 0 bridgehead atoms. The second kappa shape index (κ2) is 5.40. The topological polar surface area (TPSA) is 38.6 Å². The number of rotatable bonds is 7. The molecule has 0 spiro atoms. The molecule has 0 aromatic carbocycles. The van der Waals surface area contributed by atoms with Gasteiger partial charge in [-0.1, -0.05) is 6.07 Å². The molecule has 2 aromatic rings. The van der Waals surface area contributed by atoms with Crippen molar-refractivity contribution in [2.24, 2.45) is 5.92 Å². The summed E-state index contributed by atoms with van der Waals surface area (Å²) < 4.78 is 7.67. The highest BCUT2D eigenvalue weighted by Crippen LogP contribution is 2.28. The minimum absolute atomic E-state index is 0.851. The van der Waals surface area contributed by atoms with Crippen molar-refractivity contribution in [2.75, 3.05) is 25.1 Å². The van der Waals surface area contributed by atoms with E-state index >= 15 is 0 Å². The summed E-state index contributed by atoms with van der Waals surface area (Å²) in [6, 6.07) is 6.10. The van der Waals surface area contributed by atoms with Crippen molar-refractivity contribution < 1.29 is 4.74 Å². The van der Waals surface area contributed by atoms with Crippen LogP contribution in [0.15, 0.2) is 30.6 Å². The molecule has 0 saturated heterocycles. The molecule has 0 aliphatic heterocycles. The molecule has 1 fully saturated rings. The summed E-state index contributed by atoms with van der Waals surface area (Å²) in [5, 5.41) is 3.42. The smallest absolute Gasteiger partial charge is 0.138 e. The van der Waals surface area contributed by atoms with E-state index in [1.54, 1.807) is 0 Å². The van der Waals surface area contributed by atoms with Crippen LogP contribution < -0.4 is 5.32 Å². The number of ether oxygens (including phenoxy) is 1. The Hall–Kier alpha value is -1.55. The molecule has 4 nitrogen and oxygen atoms in total. The average molecular weight is 245 g/mol. The van der Waals surface area contributed by atoms with Crippen LogP contribution in [-0.2, 0) is 4.74 Å². The van der Waals surface area contributed by atoms with Gasteiger partial charge < -0.3 is 10.1 Å². The second-order valence-corrected chi connectivity index (χ2v) is 4.87. The molecular formula is C14H19N3O. The Bertz CT molecular complexity index is 504. The van der Waals surface area contributed by atoms with Crippen LogP contribution in [0.4, 0.5) is 5.82 Å². The van der Waals surface area contributed by atoms with Crippen LogP contribution in [0.2, 0.25) is 0 Å². The number of hydrogen-bond donors (Lipinski definition) is 1. The van der Waals surface area contributed by atoms with Crippen molar-refractivity contribution >= 4 is 11.5 Å². The van der Waals surface area contributed by atoms with Gasteiger partial charge in [0.15, 0.2) is 0 Å². The maximum absolute atomic E-state index is 5.61. The summed E-state index contributed by atoms with van der Waals surface area (Å²) in [6.07, 6.45) is 7.56. The summed E-state index contributed by atoms with van der Waals surface area (Å²) in [6.45, 7) is 2.74. The van der Waals surface area contributed by atoms with Crippen LogP contribution in [0.5, 0.6) is 0 Å². The lowest BCUT2D eigenvalue weighted by Crippen LogP contribution is -2.09. The number of imidazole rings is 1. The van der Waals surface area contributed by atoms with E-state index in [0.29, 0.717) is 0 Å². The summed E-state index contributed by atoms with van der Waals surface area (Å²) in [5.41, 5.74) is 0.977. The number of nitrogens with one attached hydrogen (secondary N) is 1. The van der Waals surface area contributed by atoms with E-state index < -0.39 is 0 Å². The summed E-state index contributed by atoms with van der Waals surface area (Å²) in [5.74, 6) is 1.95. The van der Waals surface area contributed by atoms with Crippen LogP contribution in [0.1, 0.15) is 19.3 Å². The SMILES string of the molecule is c1cc(NCCCOCC2CC2)n2ccnc2c1. The number of aromatic nitrogens is 2. The Morgan fingerprint density at radius 3 is 3.22 bits per heavy atom. The highest BCUT2D eigenvalue weighted by atomic mass is 16.5. The largest absolute Gasteiger partial charge is 0.381 e. The zero-order valence-corrected chi connectivity index (χ0v) is 10.5. The van der Waals surface area contributed by atoms with Crippen molar-refractivity contribution in [1.29, 1.82) is 0 Å². The van der Waals surface area contributed by atoms with Gasteiger partial charge in [0, 0.05) is 32.2 Å². The minimum Gasteiger partial charge on any atom is -0.381 e. The first-order valence-electron chi connectivity index (χ1n) is 6.67. The Balaban J connectivity index is 1.43. The van der Waals surface area contributed by atoms with Crippen molar-refractivity contribution in [3.05, 3.63) is 30.6 Å². The molecule has 2 aromatic heterocycles. The van der Waals surface area contributed by atoms with Gasteiger partial charge in [0.05, 0.1) is 0 Å². The van der Waals surface area contributed by atoms with Gasteiger partial charge in [-0.15, -0.1) is 0 Å². The lowest BCUT2D eigenvalue weighted by molar-refractivity contribution is 0.124. The van der Waals surface area contributed by atoms with Crippen LogP contribution >= 0.6 is 0 Å². The van der Waals surface area contributed by atoms with E-state index in [9.17, 15) is 0 Å². The first-order chi connectivity index (χ1) is 8.93. The molecule has 1 aliphatic carbocycles. The van der Waals surface area contributed by atoms with Crippen LogP contribution in [-0.4, -0.2) is 29.1 Å². The van der Waals surface area contributed by atoms with Crippen molar-refractivity contribution in [1.82, 2.24) is 9.38 Å². The van der Waals surface area contributed by atoms with Crippen molar-refractivity contribution in [2.45, 2.75) is 19.3 Å². The van der Waals surface area contributed by atoms with Crippen molar-refractivity contribution in [3.63, 3.8) is 0 Å². The molecule has 18 heavy (non-hydrogen) atoms. The van der Waals surface area contributed by atoms with E-state index in [2.05, 4.69) is 20.8 Å². The summed E-state index contributed by atoms with van der Waals surface area (Å²) >= 11 is 0. The van der Waals surface area contributed by atoms with Gasteiger partial charge in [0.25, 0.3) is 0 Å². The first-order valence-corrected chi connectivity index (χ1v) is 6.67. The summed E-state index contributed by atoms with van der Waals surface area (Å²) in [4.78, 5) is 4.26. The highest BCUT2D eigenvalue weighted by molar-refractivity contribution is 5.49. The number of nitrogens with zero attached hydrogens (tertiary/aromatic N) is 2.